The molecule has 108 valence electrons. The predicted molar refractivity (Wildman–Crippen MR) is 80.3 cm³/mol. The summed E-state index contributed by atoms with van der Waals surface area (Å²) in [5.74, 6) is -1.14. The van der Waals surface area contributed by atoms with Gasteiger partial charge in [-0.15, -0.1) is 0 Å². The second kappa shape index (κ2) is 6.43. The van der Waals surface area contributed by atoms with Crippen LogP contribution in [0.2, 0.25) is 10.0 Å². The van der Waals surface area contributed by atoms with Gasteiger partial charge in [0.15, 0.2) is 0 Å². The van der Waals surface area contributed by atoms with E-state index in [9.17, 15) is 9.59 Å². The zero-order valence-corrected chi connectivity index (χ0v) is 11.9. The van der Waals surface area contributed by atoms with Gasteiger partial charge in [0, 0.05) is 5.69 Å². The van der Waals surface area contributed by atoms with Crippen LogP contribution in [0, 0.1) is 0 Å². The Hall–Kier alpha value is -2.31. The Morgan fingerprint density at radius 3 is 2.24 bits per heavy atom. The summed E-state index contributed by atoms with van der Waals surface area (Å²) >= 11 is 11.6. The molecule has 0 saturated carbocycles. The third kappa shape index (κ3) is 4.08. The molecule has 8 heteroatoms. The van der Waals surface area contributed by atoms with Gasteiger partial charge in [0.25, 0.3) is 0 Å². The minimum atomic E-state index is -1.14. The fourth-order valence-electron chi connectivity index (χ4n) is 1.46. The predicted octanol–water partition coefficient (Wildman–Crippen LogP) is 3.73. The standard InChI is InChI=1S/C13H9Cl2N3O3/c14-9-3-1-7(5-10(9)15)17-13(21)18-8-2-4-11(12(19)20)16-6-8/h1-6H,(H,19,20)(H2,17,18,21). The van der Waals surface area contributed by atoms with E-state index in [1.54, 1.807) is 12.1 Å². The molecule has 0 saturated heterocycles. The Bertz CT molecular complexity index is 690. The van der Waals surface area contributed by atoms with Crippen LogP contribution in [0.3, 0.4) is 0 Å². The number of urea groups is 1. The maximum absolute atomic E-state index is 11.8. The quantitative estimate of drug-likeness (QED) is 0.801. The molecule has 0 aliphatic rings. The van der Waals surface area contributed by atoms with Crippen LogP contribution in [0.15, 0.2) is 36.5 Å². The Balaban J connectivity index is 2.01. The number of rotatable bonds is 3. The SMILES string of the molecule is O=C(Nc1ccc(C(=O)O)nc1)Nc1ccc(Cl)c(Cl)c1. The van der Waals surface area contributed by atoms with Crippen molar-refractivity contribution in [3.8, 4) is 0 Å². The van der Waals surface area contributed by atoms with Crippen LogP contribution in [-0.4, -0.2) is 22.1 Å². The average Bonchev–Trinajstić information content (AvgIpc) is 2.43. The number of aromatic nitrogens is 1. The second-order valence-electron chi connectivity index (χ2n) is 3.95. The van der Waals surface area contributed by atoms with Gasteiger partial charge in [-0.25, -0.2) is 14.6 Å². The number of anilines is 2. The number of aromatic carboxylic acids is 1. The molecule has 0 aliphatic carbocycles. The second-order valence-corrected chi connectivity index (χ2v) is 4.76. The average molecular weight is 326 g/mol. The number of halogens is 2. The number of pyridine rings is 1. The molecular formula is C13H9Cl2N3O3. The van der Waals surface area contributed by atoms with E-state index < -0.39 is 12.0 Å². The highest BCUT2D eigenvalue weighted by Crippen LogP contribution is 2.25. The number of benzene rings is 1. The molecule has 21 heavy (non-hydrogen) atoms. The van der Waals surface area contributed by atoms with Crippen LogP contribution in [0.1, 0.15) is 10.5 Å². The first-order valence-corrected chi connectivity index (χ1v) is 6.43. The van der Waals surface area contributed by atoms with Crippen molar-refractivity contribution in [3.63, 3.8) is 0 Å². The van der Waals surface area contributed by atoms with Crippen LogP contribution >= 0.6 is 23.2 Å². The number of hydrogen-bond acceptors (Lipinski definition) is 3. The van der Waals surface area contributed by atoms with Crippen molar-refractivity contribution in [3.05, 3.63) is 52.3 Å². The van der Waals surface area contributed by atoms with Crippen molar-refractivity contribution in [1.82, 2.24) is 4.98 Å². The topological polar surface area (TPSA) is 91.3 Å². The van der Waals surface area contributed by atoms with E-state index >= 15 is 0 Å². The Labute approximate surface area is 129 Å². The smallest absolute Gasteiger partial charge is 0.354 e. The van der Waals surface area contributed by atoms with E-state index in [1.165, 1.54) is 24.4 Å². The van der Waals surface area contributed by atoms with Gasteiger partial charge in [-0.2, -0.15) is 0 Å². The summed E-state index contributed by atoms with van der Waals surface area (Å²) in [6.07, 6.45) is 1.25. The highest BCUT2D eigenvalue weighted by molar-refractivity contribution is 6.42. The van der Waals surface area contributed by atoms with E-state index in [0.29, 0.717) is 21.4 Å². The summed E-state index contributed by atoms with van der Waals surface area (Å²) in [7, 11) is 0. The summed E-state index contributed by atoms with van der Waals surface area (Å²) in [4.78, 5) is 26.1. The maximum Gasteiger partial charge on any atom is 0.354 e. The van der Waals surface area contributed by atoms with E-state index in [2.05, 4.69) is 15.6 Å². The van der Waals surface area contributed by atoms with Crippen LogP contribution < -0.4 is 10.6 Å². The minimum Gasteiger partial charge on any atom is -0.477 e. The lowest BCUT2D eigenvalue weighted by Crippen LogP contribution is -2.19. The molecule has 6 nitrogen and oxygen atoms in total. The van der Waals surface area contributed by atoms with E-state index in [-0.39, 0.29) is 5.69 Å². The molecule has 0 spiro atoms. The molecule has 0 aliphatic heterocycles. The molecule has 0 radical (unpaired) electrons. The van der Waals surface area contributed by atoms with Crippen LogP contribution in [0.5, 0.6) is 0 Å². The highest BCUT2D eigenvalue weighted by Gasteiger charge is 2.07. The molecule has 0 fully saturated rings. The molecule has 0 atom stereocenters. The van der Waals surface area contributed by atoms with Gasteiger partial charge in [0.1, 0.15) is 5.69 Å². The van der Waals surface area contributed by atoms with Gasteiger partial charge in [-0.1, -0.05) is 23.2 Å². The number of amides is 2. The van der Waals surface area contributed by atoms with E-state index in [4.69, 9.17) is 28.3 Å². The van der Waals surface area contributed by atoms with Crippen molar-refractivity contribution in [1.29, 1.82) is 0 Å². The molecule has 0 unspecified atom stereocenters. The number of hydrogen-bond donors (Lipinski definition) is 3. The lowest BCUT2D eigenvalue weighted by Gasteiger charge is -2.08. The van der Waals surface area contributed by atoms with Crippen molar-refractivity contribution in [2.45, 2.75) is 0 Å². The Kier molecular flexibility index (Phi) is 4.62. The molecule has 1 aromatic heterocycles. The zero-order chi connectivity index (χ0) is 15.4. The van der Waals surface area contributed by atoms with Gasteiger partial charge >= 0.3 is 12.0 Å². The van der Waals surface area contributed by atoms with Crippen LogP contribution in [0.25, 0.3) is 0 Å². The molecule has 2 rings (SSSR count). The molecule has 2 aromatic rings. The van der Waals surface area contributed by atoms with Crippen LogP contribution in [-0.2, 0) is 0 Å². The van der Waals surface area contributed by atoms with Crippen molar-refractivity contribution in [2.75, 3.05) is 10.6 Å². The normalized spacial score (nSPS) is 10.0. The Morgan fingerprint density at radius 2 is 1.67 bits per heavy atom. The fraction of sp³-hybridized carbons (Fsp3) is 0. The molecular weight excluding hydrogens is 317 g/mol. The third-order valence-electron chi connectivity index (χ3n) is 2.42. The molecule has 0 bridgehead atoms. The molecule has 1 aromatic carbocycles. The summed E-state index contributed by atoms with van der Waals surface area (Å²) in [5, 5.41) is 14.5. The van der Waals surface area contributed by atoms with E-state index in [1.807, 2.05) is 0 Å². The van der Waals surface area contributed by atoms with Gasteiger partial charge < -0.3 is 15.7 Å². The lowest BCUT2D eigenvalue weighted by atomic mass is 10.3. The summed E-state index contributed by atoms with van der Waals surface area (Å²) < 4.78 is 0. The first-order valence-electron chi connectivity index (χ1n) is 5.68. The molecule has 3 N–H and O–H groups in total. The van der Waals surface area contributed by atoms with Crippen LogP contribution in [0.4, 0.5) is 16.2 Å². The summed E-state index contributed by atoms with van der Waals surface area (Å²) in [6.45, 7) is 0. The van der Waals surface area contributed by atoms with Gasteiger partial charge in [-0.3, -0.25) is 0 Å². The largest absolute Gasteiger partial charge is 0.477 e. The number of nitrogens with zero attached hydrogens (tertiary/aromatic N) is 1. The van der Waals surface area contributed by atoms with Gasteiger partial charge in [-0.05, 0) is 30.3 Å². The molecule has 2 amide bonds. The monoisotopic (exact) mass is 325 g/mol. The third-order valence-corrected chi connectivity index (χ3v) is 3.16. The summed E-state index contributed by atoms with van der Waals surface area (Å²) in [5.41, 5.74) is 0.722. The number of carbonyl (C=O) groups is 2. The molecule has 1 heterocycles. The number of carboxylic acids is 1. The first-order chi connectivity index (χ1) is 9.95. The van der Waals surface area contributed by atoms with E-state index in [0.717, 1.165) is 0 Å². The first kappa shape index (κ1) is 15.1. The number of nitrogens with one attached hydrogen (secondary N) is 2. The summed E-state index contributed by atoms with van der Waals surface area (Å²) in [6, 6.07) is 6.87. The highest BCUT2D eigenvalue weighted by atomic mass is 35.5. The van der Waals surface area contributed by atoms with Crippen molar-refractivity contribution >= 4 is 46.6 Å². The maximum atomic E-state index is 11.8. The number of carboxylic acid groups (broad SMARTS) is 1. The minimum absolute atomic E-state index is 0.106. The van der Waals surface area contributed by atoms with Gasteiger partial charge in [0.2, 0.25) is 0 Å². The van der Waals surface area contributed by atoms with Crippen molar-refractivity contribution < 1.29 is 14.7 Å². The van der Waals surface area contributed by atoms with Gasteiger partial charge in [0.05, 0.1) is 21.9 Å². The van der Waals surface area contributed by atoms with Crippen molar-refractivity contribution in [2.24, 2.45) is 0 Å². The number of carbonyl (C=O) groups excluding carboxylic acids is 1. The zero-order valence-electron chi connectivity index (χ0n) is 10.4. The fourth-order valence-corrected chi connectivity index (χ4v) is 1.76. The Morgan fingerprint density at radius 1 is 1.00 bits per heavy atom. The lowest BCUT2D eigenvalue weighted by molar-refractivity contribution is 0.0690.